The molecule has 0 unspecified atom stereocenters. The van der Waals surface area contributed by atoms with Crippen LogP contribution in [0.4, 0.5) is 8.78 Å². The van der Waals surface area contributed by atoms with Crippen molar-refractivity contribution in [3.63, 3.8) is 0 Å². The molecule has 0 saturated carbocycles. The summed E-state index contributed by atoms with van der Waals surface area (Å²) in [6, 6.07) is 4.47. The van der Waals surface area contributed by atoms with Crippen LogP contribution in [-0.2, 0) is 9.53 Å². The van der Waals surface area contributed by atoms with E-state index in [1.54, 1.807) is 6.07 Å². The van der Waals surface area contributed by atoms with Gasteiger partial charge in [0.2, 0.25) is 5.91 Å². The highest BCUT2D eigenvalue weighted by Crippen LogP contribution is 2.31. The average Bonchev–Trinajstić information content (AvgIpc) is 2.77. The van der Waals surface area contributed by atoms with Gasteiger partial charge >= 0.3 is 0 Å². The zero-order chi connectivity index (χ0) is 21.8. The van der Waals surface area contributed by atoms with Gasteiger partial charge in [-0.3, -0.25) is 9.59 Å². The van der Waals surface area contributed by atoms with E-state index >= 15 is 0 Å². The van der Waals surface area contributed by atoms with Gasteiger partial charge in [-0.1, -0.05) is 18.2 Å². The molecule has 2 aromatic heterocycles. The molecule has 1 N–H and O–H groups in total. The Morgan fingerprint density at radius 2 is 2.07 bits per heavy atom. The number of hydrogen-bond acceptors (Lipinski definition) is 6. The molecule has 2 atom stereocenters. The van der Waals surface area contributed by atoms with Gasteiger partial charge in [0.05, 0.1) is 24.5 Å². The molecular weight excluding hydrogens is 420 g/mol. The fourth-order valence-electron chi connectivity index (χ4n) is 3.00. The Kier molecular flexibility index (Phi) is 6.68. The van der Waals surface area contributed by atoms with Crippen LogP contribution in [-0.4, -0.2) is 64.3 Å². The molecule has 30 heavy (non-hydrogen) atoms. The van der Waals surface area contributed by atoms with Gasteiger partial charge in [0.25, 0.3) is 12.3 Å². The summed E-state index contributed by atoms with van der Waals surface area (Å²) in [4.78, 5) is 37.3. The van der Waals surface area contributed by atoms with Crippen LogP contribution in [0.1, 0.15) is 22.2 Å². The monoisotopic (exact) mass is 437 g/mol. The van der Waals surface area contributed by atoms with Gasteiger partial charge in [-0.05, 0) is 29.8 Å². The minimum Gasteiger partial charge on any atom is -0.361 e. The summed E-state index contributed by atoms with van der Waals surface area (Å²) in [6.45, 7) is 3.20. The molecular formula is C19H18ClF2N5O3. The van der Waals surface area contributed by atoms with Gasteiger partial charge in [0, 0.05) is 7.05 Å². The van der Waals surface area contributed by atoms with Gasteiger partial charge in [0.15, 0.2) is 0 Å². The van der Waals surface area contributed by atoms with Gasteiger partial charge < -0.3 is 15.0 Å². The Hall–Kier alpha value is -2.98. The molecule has 158 valence electrons. The molecule has 0 spiro atoms. The number of amides is 2. The second-order valence-corrected chi connectivity index (χ2v) is 6.81. The molecule has 0 aliphatic carbocycles. The Balaban J connectivity index is 1.97. The van der Waals surface area contributed by atoms with E-state index in [9.17, 15) is 18.4 Å². The third-order valence-electron chi connectivity index (χ3n) is 4.47. The highest BCUT2D eigenvalue weighted by atomic mass is 35.5. The van der Waals surface area contributed by atoms with Crippen LogP contribution in [0.2, 0.25) is 5.15 Å². The smallest absolute Gasteiger partial charge is 0.269 e. The summed E-state index contributed by atoms with van der Waals surface area (Å²) in [7, 11) is 1.47. The van der Waals surface area contributed by atoms with Gasteiger partial charge in [0.1, 0.15) is 29.4 Å². The highest BCUT2D eigenvalue weighted by Gasteiger charge is 2.35. The third-order valence-corrected chi connectivity index (χ3v) is 4.66. The second-order valence-electron chi connectivity index (χ2n) is 6.42. The van der Waals surface area contributed by atoms with Crippen molar-refractivity contribution in [1.82, 2.24) is 25.2 Å². The Morgan fingerprint density at radius 1 is 1.30 bits per heavy atom. The maximum atomic E-state index is 13.3. The van der Waals surface area contributed by atoms with Gasteiger partial charge in [-0.2, -0.15) is 0 Å². The Labute approximate surface area is 175 Å². The van der Waals surface area contributed by atoms with Crippen molar-refractivity contribution < 1.29 is 23.1 Å². The molecule has 3 heterocycles. The number of rotatable bonds is 5. The molecule has 1 aliphatic heterocycles. The first kappa shape index (κ1) is 21.7. The molecule has 8 nitrogen and oxygen atoms in total. The minimum absolute atomic E-state index is 0.0428. The summed E-state index contributed by atoms with van der Waals surface area (Å²) in [6.07, 6.45) is -2.82. The normalized spacial score (nSPS) is 18.9. The summed E-state index contributed by atoms with van der Waals surface area (Å²) in [5, 5.41) is 2.53. The number of alkyl halides is 2. The van der Waals surface area contributed by atoms with Crippen molar-refractivity contribution >= 4 is 23.4 Å². The van der Waals surface area contributed by atoms with E-state index in [1.807, 2.05) is 0 Å². The van der Waals surface area contributed by atoms with Crippen LogP contribution in [0.3, 0.4) is 0 Å². The number of carbonyl (C=O) groups is 2. The van der Waals surface area contributed by atoms with Crippen LogP contribution in [0, 0.1) is 0 Å². The fraction of sp³-hybridized carbons (Fsp3) is 0.316. The molecule has 0 radical (unpaired) electrons. The molecule has 2 aromatic rings. The Morgan fingerprint density at radius 3 is 2.73 bits per heavy atom. The van der Waals surface area contributed by atoms with E-state index in [0.29, 0.717) is 17.0 Å². The Bertz CT molecular complexity index is 975. The topological polar surface area (TPSA) is 97.3 Å². The number of aromatic nitrogens is 3. The average molecular weight is 438 g/mol. The predicted octanol–water partition coefficient (Wildman–Crippen LogP) is 2.27. The number of ether oxygens (including phenoxy) is 1. The maximum absolute atomic E-state index is 13.3. The van der Waals surface area contributed by atoms with Gasteiger partial charge in [-0.15, -0.1) is 0 Å². The molecule has 0 aromatic carbocycles. The number of pyridine rings is 1. The van der Waals surface area contributed by atoms with E-state index in [0.717, 1.165) is 6.08 Å². The van der Waals surface area contributed by atoms with Crippen LogP contribution in [0.5, 0.6) is 0 Å². The van der Waals surface area contributed by atoms with Crippen LogP contribution >= 0.6 is 11.6 Å². The molecule has 1 saturated heterocycles. The van der Waals surface area contributed by atoms with Crippen molar-refractivity contribution in [1.29, 1.82) is 0 Å². The first-order valence-corrected chi connectivity index (χ1v) is 9.27. The first-order valence-electron chi connectivity index (χ1n) is 8.89. The lowest BCUT2D eigenvalue weighted by atomic mass is 10.1. The summed E-state index contributed by atoms with van der Waals surface area (Å²) < 4.78 is 32.2. The van der Waals surface area contributed by atoms with E-state index in [-0.39, 0.29) is 23.9 Å². The SMILES string of the molecule is C=CC(=O)N1C[C@@H](c2cc(Cl)nc(-c3cc(C(=O)NC)ncn3)c2)O[C@H](C(F)F)C1. The lowest BCUT2D eigenvalue weighted by Gasteiger charge is -2.37. The quantitative estimate of drug-likeness (QED) is 0.569. The molecule has 1 aliphatic rings. The zero-order valence-corrected chi connectivity index (χ0v) is 16.6. The van der Waals surface area contributed by atoms with Crippen LogP contribution in [0.25, 0.3) is 11.4 Å². The van der Waals surface area contributed by atoms with Crippen molar-refractivity contribution in [2.24, 2.45) is 0 Å². The van der Waals surface area contributed by atoms with Crippen molar-refractivity contribution in [3.8, 4) is 11.4 Å². The largest absolute Gasteiger partial charge is 0.361 e. The van der Waals surface area contributed by atoms with Crippen molar-refractivity contribution in [2.45, 2.75) is 18.6 Å². The highest BCUT2D eigenvalue weighted by molar-refractivity contribution is 6.29. The lowest BCUT2D eigenvalue weighted by Crippen LogP contribution is -2.48. The minimum atomic E-state index is -2.78. The molecule has 1 fully saturated rings. The summed E-state index contributed by atoms with van der Waals surface area (Å²) >= 11 is 6.14. The third kappa shape index (κ3) is 4.77. The van der Waals surface area contributed by atoms with Crippen LogP contribution in [0.15, 0.2) is 37.2 Å². The van der Waals surface area contributed by atoms with Gasteiger partial charge in [-0.25, -0.2) is 23.7 Å². The predicted molar refractivity (Wildman–Crippen MR) is 104 cm³/mol. The van der Waals surface area contributed by atoms with Crippen molar-refractivity contribution in [2.75, 3.05) is 20.1 Å². The second kappa shape index (κ2) is 9.23. The number of carbonyl (C=O) groups excluding carboxylic acids is 2. The molecule has 2 amide bonds. The number of nitrogens with zero attached hydrogens (tertiary/aromatic N) is 4. The van der Waals surface area contributed by atoms with E-state index in [2.05, 4.69) is 26.8 Å². The maximum Gasteiger partial charge on any atom is 0.269 e. The molecule has 11 heteroatoms. The van der Waals surface area contributed by atoms with E-state index in [4.69, 9.17) is 16.3 Å². The number of hydrogen-bond donors (Lipinski definition) is 1. The standard InChI is InChI=1S/C19H18ClF2N5O3/c1-3-17(28)27-7-14(30-15(8-27)18(21)22)10-4-12(26-16(20)5-10)11-6-13(19(29)23-2)25-9-24-11/h3-6,9,14-15,18H,1,7-8H2,2H3,(H,23,29)/t14-,15-/m0/s1. The molecule has 3 rings (SSSR count). The van der Waals surface area contributed by atoms with Crippen LogP contribution < -0.4 is 5.32 Å². The fourth-order valence-corrected chi connectivity index (χ4v) is 3.22. The van der Waals surface area contributed by atoms with E-state index < -0.39 is 30.4 Å². The molecule has 0 bridgehead atoms. The first-order chi connectivity index (χ1) is 14.3. The van der Waals surface area contributed by atoms with Crippen molar-refractivity contribution in [3.05, 3.63) is 53.6 Å². The number of halogens is 3. The summed E-state index contributed by atoms with van der Waals surface area (Å²) in [5.74, 6) is -0.879. The lowest BCUT2D eigenvalue weighted by molar-refractivity contribution is -0.159. The van der Waals surface area contributed by atoms with E-state index in [1.165, 1.54) is 30.4 Å². The zero-order valence-electron chi connectivity index (χ0n) is 15.9. The number of nitrogens with one attached hydrogen (secondary N) is 1. The number of morpholine rings is 1. The summed E-state index contributed by atoms with van der Waals surface area (Å²) in [5.41, 5.74) is 1.18.